The summed E-state index contributed by atoms with van der Waals surface area (Å²) in [6.45, 7) is 4.44. The van der Waals surface area contributed by atoms with Crippen LogP contribution in [0.15, 0.2) is 99.3 Å². The van der Waals surface area contributed by atoms with Gasteiger partial charge in [-0.15, -0.1) is 0 Å². The molecule has 0 aliphatic carbocycles. The lowest BCUT2D eigenvalue weighted by Crippen LogP contribution is -1.82. The third kappa shape index (κ3) is 6.43. The van der Waals surface area contributed by atoms with E-state index in [1.165, 1.54) is 38.5 Å². The van der Waals surface area contributed by atoms with Crippen LogP contribution in [0.4, 0.5) is 0 Å². The van der Waals surface area contributed by atoms with Gasteiger partial charge < -0.3 is 26.5 Å². The van der Waals surface area contributed by atoms with E-state index in [1.807, 2.05) is 72.8 Å². The Bertz CT molecular complexity index is 1550. The molecule has 6 aromatic heterocycles. The average Bonchev–Trinajstić information content (AvgIpc) is 3.83. The van der Waals surface area contributed by atoms with Crippen LogP contribution in [0.2, 0.25) is 0 Å². The minimum Gasteiger partial charge on any atom is -0.458 e. The quantitative estimate of drug-likeness (QED) is 0.115. The molecule has 0 saturated carbocycles. The Morgan fingerprint density at radius 2 is 0.571 bits per heavy atom. The number of unbranched alkanes of at least 4 members (excludes halogenated alkanes) is 6. The fourth-order valence-corrected chi connectivity index (χ4v) is 5.15. The van der Waals surface area contributed by atoms with Crippen LogP contribution < -0.4 is 0 Å². The molecule has 0 unspecified atom stereocenters. The van der Waals surface area contributed by atoms with E-state index in [1.54, 1.807) is 0 Å². The maximum atomic E-state index is 6.10. The van der Waals surface area contributed by atoms with Gasteiger partial charge in [-0.2, -0.15) is 0 Å². The zero-order valence-electron chi connectivity index (χ0n) is 24.4. The minimum atomic E-state index is 0.604. The maximum absolute atomic E-state index is 6.10. The molecule has 0 saturated heterocycles. The predicted octanol–water partition coefficient (Wildman–Crippen LogP) is 11.8. The standard InChI is InChI=1S/C36H38O6/c1-3-5-7-9-11-25-13-15-27(37-25)29-17-19-31(39-29)33-21-23-35(41-33)36-24-22-34(42-36)32-20-18-30(40-32)28-16-14-26(38-28)12-10-8-6-4-2/h13-24H,3-12H2,1-2H3. The van der Waals surface area contributed by atoms with Crippen LogP contribution in [0, 0.1) is 0 Å². The maximum Gasteiger partial charge on any atom is 0.170 e. The highest BCUT2D eigenvalue weighted by molar-refractivity contribution is 5.65. The van der Waals surface area contributed by atoms with E-state index < -0.39 is 0 Å². The largest absolute Gasteiger partial charge is 0.458 e. The highest BCUT2D eigenvalue weighted by Crippen LogP contribution is 2.36. The lowest BCUT2D eigenvalue weighted by Gasteiger charge is -1.97. The molecule has 6 heterocycles. The Morgan fingerprint density at radius 1 is 0.310 bits per heavy atom. The smallest absolute Gasteiger partial charge is 0.170 e. The Balaban J connectivity index is 1.09. The Morgan fingerprint density at radius 3 is 0.857 bits per heavy atom. The molecule has 0 aliphatic heterocycles. The second-order valence-electron chi connectivity index (χ2n) is 10.8. The van der Waals surface area contributed by atoms with Gasteiger partial charge in [0.1, 0.15) is 11.5 Å². The van der Waals surface area contributed by atoms with Gasteiger partial charge in [0, 0.05) is 12.8 Å². The van der Waals surface area contributed by atoms with Crippen LogP contribution in [0.1, 0.15) is 76.7 Å². The average molecular weight is 567 g/mol. The van der Waals surface area contributed by atoms with Crippen molar-refractivity contribution in [1.29, 1.82) is 0 Å². The summed E-state index contributed by atoms with van der Waals surface area (Å²) >= 11 is 0. The molecule has 6 nitrogen and oxygen atoms in total. The molecule has 0 bridgehead atoms. The van der Waals surface area contributed by atoms with Gasteiger partial charge >= 0.3 is 0 Å². The summed E-state index contributed by atoms with van der Waals surface area (Å²) in [5.41, 5.74) is 0. The number of rotatable bonds is 15. The lowest BCUT2D eigenvalue weighted by molar-refractivity contribution is 0.474. The van der Waals surface area contributed by atoms with Crippen molar-refractivity contribution >= 4 is 0 Å². The van der Waals surface area contributed by atoms with Gasteiger partial charge in [0.25, 0.3) is 0 Å². The van der Waals surface area contributed by atoms with Crippen molar-refractivity contribution in [3.63, 3.8) is 0 Å². The highest BCUT2D eigenvalue weighted by atomic mass is 16.4. The fourth-order valence-electron chi connectivity index (χ4n) is 5.15. The van der Waals surface area contributed by atoms with Crippen molar-refractivity contribution in [2.75, 3.05) is 0 Å². The van der Waals surface area contributed by atoms with Gasteiger partial charge in [-0.1, -0.05) is 52.4 Å². The van der Waals surface area contributed by atoms with Gasteiger partial charge in [-0.3, -0.25) is 0 Å². The van der Waals surface area contributed by atoms with E-state index in [0.29, 0.717) is 46.1 Å². The molecule has 0 radical (unpaired) electrons. The summed E-state index contributed by atoms with van der Waals surface area (Å²) in [5.74, 6) is 8.48. The first-order valence-electron chi connectivity index (χ1n) is 15.3. The number of hydrogen-bond donors (Lipinski definition) is 0. The second kappa shape index (κ2) is 13.1. The zero-order valence-corrected chi connectivity index (χ0v) is 24.4. The predicted molar refractivity (Wildman–Crippen MR) is 163 cm³/mol. The third-order valence-electron chi connectivity index (χ3n) is 7.52. The van der Waals surface area contributed by atoms with Crippen LogP contribution in [0.3, 0.4) is 0 Å². The van der Waals surface area contributed by atoms with Crippen LogP contribution in [-0.4, -0.2) is 0 Å². The zero-order chi connectivity index (χ0) is 28.7. The molecule has 0 spiro atoms. The second-order valence-corrected chi connectivity index (χ2v) is 10.8. The van der Waals surface area contributed by atoms with Crippen LogP contribution in [0.25, 0.3) is 57.6 Å². The number of aryl methyl sites for hydroxylation is 2. The number of furan rings is 6. The minimum absolute atomic E-state index is 0.604. The van der Waals surface area contributed by atoms with Crippen molar-refractivity contribution < 1.29 is 26.5 Å². The number of hydrogen-bond acceptors (Lipinski definition) is 6. The van der Waals surface area contributed by atoms with E-state index >= 15 is 0 Å². The fraction of sp³-hybridized carbons (Fsp3) is 0.333. The molecule has 6 heteroatoms. The summed E-state index contributed by atoms with van der Waals surface area (Å²) in [4.78, 5) is 0. The topological polar surface area (TPSA) is 78.8 Å². The Kier molecular flexibility index (Phi) is 8.69. The van der Waals surface area contributed by atoms with E-state index in [-0.39, 0.29) is 0 Å². The first kappa shape index (κ1) is 27.8. The van der Waals surface area contributed by atoms with Crippen LogP contribution in [0.5, 0.6) is 0 Å². The first-order valence-corrected chi connectivity index (χ1v) is 15.3. The molecule has 0 atom stereocenters. The highest BCUT2D eigenvalue weighted by Gasteiger charge is 2.18. The van der Waals surface area contributed by atoms with E-state index in [4.69, 9.17) is 26.5 Å². The van der Waals surface area contributed by atoms with Gasteiger partial charge in [-0.05, 0) is 85.6 Å². The van der Waals surface area contributed by atoms with Gasteiger partial charge in [-0.25, -0.2) is 0 Å². The van der Waals surface area contributed by atoms with Gasteiger partial charge in [0.05, 0.1) is 0 Å². The first-order chi connectivity index (χ1) is 20.7. The molecule has 0 amide bonds. The molecule has 218 valence electrons. The summed E-state index contributed by atoms with van der Waals surface area (Å²) in [7, 11) is 0. The van der Waals surface area contributed by atoms with Crippen molar-refractivity contribution in [3.05, 3.63) is 84.3 Å². The summed E-state index contributed by atoms with van der Waals surface area (Å²) < 4.78 is 36.4. The van der Waals surface area contributed by atoms with E-state index in [2.05, 4.69) is 13.8 Å². The van der Waals surface area contributed by atoms with Gasteiger partial charge in [0.15, 0.2) is 57.6 Å². The SMILES string of the molecule is CCCCCCc1ccc(-c2ccc(-c3ccc(-c4ccc(-c5ccc(-c6ccc(CCCCCC)o6)o5)o4)o3)o2)o1. The van der Waals surface area contributed by atoms with Crippen molar-refractivity contribution in [2.45, 2.75) is 78.1 Å². The molecule has 0 fully saturated rings. The summed E-state index contributed by atoms with van der Waals surface area (Å²) in [5, 5.41) is 0. The van der Waals surface area contributed by atoms with Gasteiger partial charge in [0.2, 0.25) is 0 Å². The third-order valence-corrected chi connectivity index (χ3v) is 7.52. The Labute approximate surface area is 246 Å². The molecular formula is C36H38O6. The molecule has 6 aromatic rings. The lowest BCUT2D eigenvalue weighted by atomic mass is 10.1. The van der Waals surface area contributed by atoms with Crippen molar-refractivity contribution in [3.8, 4) is 57.6 Å². The van der Waals surface area contributed by atoms with Crippen LogP contribution in [-0.2, 0) is 12.8 Å². The molecule has 0 aromatic carbocycles. The van der Waals surface area contributed by atoms with E-state index in [9.17, 15) is 0 Å². The summed E-state index contributed by atoms with van der Waals surface area (Å²) in [6, 6.07) is 23.1. The van der Waals surface area contributed by atoms with Crippen molar-refractivity contribution in [2.24, 2.45) is 0 Å². The normalized spacial score (nSPS) is 11.6. The van der Waals surface area contributed by atoms with Crippen LogP contribution >= 0.6 is 0 Å². The molecule has 0 aliphatic rings. The summed E-state index contributed by atoms with van der Waals surface area (Å²) in [6.07, 6.45) is 11.6. The Hall–Kier alpha value is -4.32. The molecular weight excluding hydrogens is 528 g/mol. The monoisotopic (exact) mass is 566 g/mol. The molecule has 0 N–H and O–H groups in total. The molecule has 6 rings (SSSR count). The van der Waals surface area contributed by atoms with E-state index in [0.717, 1.165) is 48.7 Å². The van der Waals surface area contributed by atoms with Crippen molar-refractivity contribution in [1.82, 2.24) is 0 Å². The molecule has 42 heavy (non-hydrogen) atoms.